The lowest BCUT2D eigenvalue weighted by molar-refractivity contribution is 0.256. The average molecular weight is 232 g/mol. The number of ether oxygens (including phenoxy) is 1. The van der Waals surface area contributed by atoms with Crippen molar-refractivity contribution in [1.29, 1.82) is 0 Å². The fourth-order valence-corrected chi connectivity index (χ4v) is 1.49. The minimum Gasteiger partial charge on any atom is -0.493 e. The molecule has 0 fully saturated rings. The van der Waals surface area contributed by atoms with Gasteiger partial charge < -0.3 is 9.15 Å². The highest BCUT2D eigenvalue weighted by molar-refractivity contribution is 5.77. The van der Waals surface area contributed by atoms with Crippen molar-refractivity contribution in [3.05, 3.63) is 40.8 Å². The average Bonchev–Trinajstić information content (AvgIpc) is 2.35. The Labute approximate surface area is 100 Å². The Hall–Kier alpha value is -1.77. The van der Waals surface area contributed by atoms with Crippen LogP contribution in [0.5, 0.6) is 5.75 Å². The number of hydrogen-bond acceptors (Lipinski definition) is 3. The van der Waals surface area contributed by atoms with E-state index in [9.17, 15) is 4.79 Å². The monoisotopic (exact) mass is 232 g/mol. The zero-order chi connectivity index (χ0) is 12.3. The minimum atomic E-state index is -0.337. The van der Waals surface area contributed by atoms with Crippen molar-refractivity contribution in [3.63, 3.8) is 0 Å². The Morgan fingerprint density at radius 2 is 2.06 bits per heavy atom. The minimum absolute atomic E-state index is 0.337. The van der Waals surface area contributed by atoms with Gasteiger partial charge in [-0.2, -0.15) is 0 Å². The first-order valence-corrected chi connectivity index (χ1v) is 5.85. The topological polar surface area (TPSA) is 39.4 Å². The highest BCUT2D eigenvalue weighted by Crippen LogP contribution is 2.20. The standard InChI is InChI=1S/C14H16O3/c1-3-10(2)9-16-12-6-4-11-5-7-14(15)17-13(11)8-12/h4-8,10H,3,9H2,1-2H3. The normalized spacial score (nSPS) is 12.6. The van der Waals surface area contributed by atoms with Gasteiger partial charge in [0.05, 0.1) is 6.61 Å². The van der Waals surface area contributed by atoms with Gasteiger partial charge in [0.2, 0.25) is 0 Å². The Morgan fingerprint density at radius 1 is 1.29 bits per heavy atom. The fourth-order valence-electron chi connectivity index (χ4n) is 1.49. The zero-order valence-electron chi connectivity index (χ0n) is 10.1. The molecular formula is C14H16O3. The molecule has 0 spiro atoms. The summed E-state index contributed by atoms with van der Waals surface area (Å²) in [6.07, 6.45) is 1.09. The molecule has 0 radical (unpaired) electrons. The molecule has 3 heteroatoms. The van der Waals surface area contributed by atoms with E-state index in [0.717, 1.165) is 17.6 Å². The van der Waals surface area contributed by atoms with Gasteiger partial charge in [-0.3, -0.25) is 0 Å². The van der Waals surface area contributed by atoms with E-state index in [2.05, 4.69) is 13.8 Å². The van der Waals surface area contributed by atoms with Crippen molar-refractivity contribution in [1.82, 2.24) is 0 Å². The van der Waals surface area contributed by atoms with E-state index in [4.69, 9.17) is 9.15 Å². The zero-order valence-corrected chi connectivity index (χ0v) is 10.1. The molecule has 90 valence electrons. The van der Waals surface area contributed by atoms with Crippen LogP contribution < -0.4 is 10.4 Å². The summed E-state index contributed by atoms with van der Waals surface area (Å²) < 4.78 is 10.7. The van der Waals surface area contributed by atoms with E-state index in [1.54, 1.807) is 12.1 Å². The Kier molecular flexibility index (Phi) is 3.47. The van der Waals surface area contributed by atoms with Crippen LogP contribution in [0.4, 0.5) is 0 Å². The molecule has 0 saturated carbocycles. The maximum Gasteiger partial charge on any atom is 0.336 e. The molecule has 2 aromatic rings. The van der Waals surface area contributed by atoms with E-state index < -0.39 is 0 Å². The van der Waals surface area contributed by atoms with Gasteiger partial charge in [-0.1, -0.05) is 20.3 Å². The van der Waals surface area contributed by atoms with Gasteiger partial charge in [0.1, 0.15) is 11.3 Å². The third-order valence-corrected chi connectivity index (χ3v) is 2.83. The Bertz CT molecular complexity index is 557. The van der Waals surface area contributed by atoms with Gasteiger partial charge in [0.25, 0.3) is 0 Å². The summed E-state index contributed by atoms with van der Waals surface area (Å²) in [4.78, 5) is 11.1. The quantitative estimate of drug-likeness (QED) is 0.760. The van der Waals surface area contributed by atoms with Crippen LogP contribution in [0.3, 0.4) is 0 Å². The summed E-state index contributed by atoms with van der Waals surface area (Å²) in [6, 6.07) is 8.72. The first-order valence-electron chi connectivity index (χ1n) is 5.85. The van der Waals surface area contributed by atoms with Gasteiger partial charge in [0.15, 0.2) is 0 Å². The third-order valence-electron chi connectivity index (χ3n) is 2.83. The van der Waals surface area contributed by atoms with Crippen LogP contribution in [0.2, 0.25) is 0 Å². The molecule has 1 unspecified atom stereocenters. The lowest BCUT2D eigenvalue weighted by Gasteiger charge is -2.10. The van der Waals surface area contributed by atoms with Crippen LogP contribution in [0.15, 0.2) is 39.5 Å². The maximum atomic E-state index is 11.1. The van der Waals surface area contributed by atoms with Gasteiger partial charge in [-0.15, -0.1) is 0 Å². The molecule has 1 aromatic carbocycles. The van der Waals surface area contributed by atoms with Gasteiger partial charge in [-0.05, 0) is 24.1 Å². The van der Waals surface area contributed by atoms with E-state index >= 15 is 0 Å². The Morgan fingerprint density at radius 3 is 2.82 bits per heavy atom. The molecule has 0 aliphatic heterocycles. The lowest BCUT2D eigenvalue weighted by atomic mass is 10.1. The SMILES string of the molecule is CCC(C)COc1ccc2ccc(=O)oc2c1. The Balaban J connectivity index is 2.22. The molecule has 0 N–H and O–H groups in total. The van der Waals surface area contributed by atoms with Gasteiger partial charge in [0, 0.05) is 17.5 Å². The summed E-state index contributed by atoms with van der Waals surface area (Å²) in [6.45, 7) is 4.95. The maximum absolute atomic E-state index is 11.1. The third kappa shape index (κ3) is 2.87. The number of benzene rings is 1. The molecular weight excluding hydrogens is 216 g/mol. The summed E-state index contributed by atoms with van der Waals surface area (Å²) in [7, 11) is 0. The van der Waals surface area contributed by atoms with E-state index in [1.807, 2.05) is 12.1 Å². The lowest BCUT2D eigenvalue weighted by Crippen LogP contribution is -2.07. The molecule has 0 aliphatic rings. The molecule has 1 heterocycles. The van der Waals surface area contributed by atoms with Crippen LogP contribution in [0.1, 0.15) is 20.3 Å². The van der Waals surface area contributed by atoms with Crippen molar-refractivity contribution >= 4 is 11.0 Å². The largest absolute Gasteiger partial charge is 0.493 e. The van der Waals surface area contributed by atoms with Crippen LogP contribution in [-0.4, -0.2) is 6.61 Å². The van der Waals surface area contributed by atoms with Crippen molar-refractivity contribution in [2.45, 2.75) is 20.3 Å². The summed E-state index contributed by atoms with van der Waals surface area (Å²) >= 11 is 0. The van der Waals surface area contributed by atoms with E-state index in [0.29, 0.717) is 18.1 Å². The molecule has 1 atom stereocenters. The molecule has 1 aromatic heterocycles. The molecule has 3 nitrogen and oxygen atoms in total. The van der Waals surface area contributed by atoms with Crippen LogP contribution in [0, 0.1) is 5.92 Å². The van der Waals surface area contributed by atoms with Crippen molar-refractivity contribution < 1.29 is 9.15 Å². The molecule has 2 rings (SSSR count). The predicted octanol–water partition coefficient (Wildman–Crippen LogP) is 3.22. The number of rotatable bonds is 4. The molecule has 0 amide bonds. The number of fused-ring (bicyclic) bond motifs is 1. The van der Waals surface area contributed by atoms with Crippen LogP contribution in [-0.2, 0) is 0 Å². The highest BCUT2D eigenvalue weighted by Gasteiger charge is 2.03. The van der Waals surface area contributed by atoms with Crippen molar-refractivity contribution in [2.75, 3.05) is 6.61 Å². The summed E-state index contributed by atoms with van der Waals surface area (Å²) in [5.74, 6) is 1.26. The smallest absolute Gasteiger partial charge is 0.336 e. The van der Waals surface area contributed by atoms with Gasteiger partial charge in [-0.25, -0.2) is 4.79 Å². The van der Waals surface area contributed by atoms with E-state index in [1.165, 1.54) is 6.07 Å². The molecule has 17 heavy (non-hydrogen) atoms. The first kappa shape index (κ1) is 11.7. The summed E-state index contributed by atoms with van der Waals surface area (Å²) in [5.41, 5.74) is 0.232. The summed E-state index contributed by atoms with van der Waals surface area (Å²) in [5, 5.41) is 0.903. The van der Waals surface area contributed by atoms with Crippen molar-refractivity contribution in [2.24, 2.45) is 5.92 Å². The van der Waals surface area contributed by atoms with Gasteiger partial charge >= 0.3 is 5.63 Å². The second kappa shape index (κ2) is 5.04. The van der Waals surface area contributed by atoms with Crippen molar-refractivity contribution in [3.8, 4) is 5.75 Å². The fraction of sp³-hybridized carbons (Fsp3) is 0.357. The predicted molar refractivity (Wildman–Crippen MR) is 67.4 cm³/mol. The second-order valence-corrected chi connectivity index (χ2v) is 4.28. The first-order chi connectivity index (χ1) is 8.19. The molecule has 0 bridgehead atoms. The van der Waals surface area contributed by atoms with E-state index in [-0.39, 0.29) is 5.63 Å². The second-order valence-electron chi connectivity index (χ2n) is 4.28. The molecule has 0 aliphatic carbocycles. The van der Waals surface area contributed by atoms with Crippen LogP contribution >= 0.6 is 0 Å². The highest BCUT2D eigenvalue weighted by atomic mass is 16.5. The van der Waals surface area contributed by atoms with Crippen LogP contribution in [0.25, 0.3) is 11.0 Å². The molecule has 0 saturated heterocycles. The number of hydrogen-bond donors (Lipinski definition) is 0.